The molecule has 1 fully saturated rings. The van der Waals surface area contributed by atoms with E-state index in [0.717, 1.165) is 18.9 Å². The summed E-state index contributed by atoms with van der Waals surface area (Å²) in [5.41, 5.74) is 0.358. The van der Waals surface area contributed by atoms with Crippen molar-refractivity contribution < 1.29 is 22.8 Å². The van der Waals surface area contributed by atoms with Gasteiger partial charge in [0.2, 0.25) is 11.7 Å². The summed E-state index contributed by atoms with van der Waals surface area (Å²) in [7, 11) is 1.52. The van der Waals surface area contributed by atoms with Crippen LogP contribution in [0.3, 0.4) is 0 Å². The van der Waals surface area contributed by atoms with Gasteiger partial charge in [0.15, 0.2) is 5.82 Å². The van der Waals surface area contributed by atoms with Crippen LogP contribution in [0.15, 0.2) is 54.9 Å². The summed E-state index contributed by atoms with van der Waals surface area (Å²) < 4.78 is 40.3. The molecule has 2 amide bonds. The topological polar surface area (TPSA) is 91.3 Å². The Bertz CT molecular complexity index is 1280. The molecule has 1 atom stereocenters. The van der Waals surface area contributed by atoms with Crippen molar-refractivity contribution in [2.75, 3.05) is 35.3 Å². The van der Waals surface area contributed by atoms with Gasteiger partial charge in [0, 0.05) is 43.8 Å². The molecule has 1 unspecified atom stereocenters. The van der Waals surface area contributed by atoms with Gasteiger partial charge in [0.1, 0.15) is 5.69 Å². The minimum absolute atomic E-state index is 0.0563. The lowest BCUT2D eigenvalue weighted by Gasteiger charge is -2.34. The number of nitrogens with zero attached hydrogens (tertiary/aromatic N) is 5. The van der Waals surface area contributed by atoms with Gasteiger partial charge >= 0.3 is 6.18 Å². The van der Waals surface area contributed by atoms with Crippen LogP contribution in [0.2, 0.25) is 0 Å². The predicted molar refractivity (Wildman–Crippen MR) is 138 cm³/mol. The van der Waals surface area contributed by atoms with E-state index in [-0.39, 0.29) is 17.5 Å². The van der Waals surface area contributed by atoms with Crippen LogP contribution in [0.5, 0.6) is 0 Å². The first-order valence-electron chi connectivity index (χ1n) is 12.3. The Morgan fingerprint density at radius 1 is 1.05 bits per heavy atom. The summed E-state index contributed by atoms with van der Waals surface area (Å²) in [4.78, 5) is 41.1. The Morgan fingerprint density at radius 2 is 1.68 bits per heavy atom. The fraction of sp³-hybridized carbons (Fsp3) is 0.370. The average molecular weight is 527 g/mol. The maximum absolute atomic E-state index is 13.4. The molecule has 0 saturated carbocycles. The normalized spacial score (nSPS) is 15.2. The number of anilines is 3. The number of amides is 2. The fourth-order valence-electron chi connectivity index (χ4n) is 4.25. The Labute approximate surface area is 218 Å². The molecule has 0 aliphatic carbocycles. The highest BCUT2D eigenvalue weighted by Crippen LogP contribution is 2.36. The van der Waals surface area contributed by atoms with Gasteiger partial charge in [-0.1, -0.05) is 25.1 Å². The molecule has 4 rings (SSSR count). The molecule has 11 heteroatoms. The minimum atomic E-state index is -4.60. The number of para-hydroxylation sites is 1. The maximum atomic E-state index is 13.4. The number of likely N-dealkylation sites (N-methyl/N-ethyl adjacent to an activating group) is 1. The SMILES string of the molecule is CC1CCN(c2nc(C(F)(F)F)ccc2N(C)C(=O)C(C)c2cnc(C(=O)Nc3ccccc3)nc2)CC1. The van der Waals surface area contributed by atoms with E-state index in [1.54, 1.807) is 31.2 Å². The van der Waals surface area contributed by atoms with Crippen molar-refractivity contribution in [3.63, 3.8) is 0 Å². The molecule has 8 nitrogen and oxygen atoms in total. The molecule has 200 valence electrons. The van der Waals surface area contributed by atoms with Crippen LogP contribution >= 0.6 is 0 Å². The van der Waals surface area contributed by atoms with Crippen molar-refractivity contribution in [2.24, 2.45) is 5.92 Å². The third kappa shape index (κ3) is 6.09. The van der Waals surface area contributed by atoms with Gasteiger partial charge in [0.25, 0.3) is 5.91 Å². The van der Waals surface area contributed by atoms with E-state index in [9.17, 15) is 22.8 Å². The zero-order valence-electron chi connectivity index (χ0n) is 21.4. The van der Waals surface area contributed by atoms with Gasteiger partial charge in [-0.05, 0) is 49.9 Å². The Morgan fingerprint density at radius 3 is 2.29 bits per heavy atom. The maximum Gasteiger partial charge on any atom is 0.433 e. The lowest BCUT2D eigenvalue weighted by atomic mass is 9.99. The zero-order valence-corrected chi connectivity index (χ0v) is 21.4. The first kappa shape index (κ1) is 27.0. The molecule has 3 heterocycles. The third-order valence-electron chi connectivity index (χ3n) is 6.70. The monoisotopic (exact) mass is 526 g/mol. The molecule has 1 aliphatic rings. The van der Waals surface area contributed by atoms with Gasteiger partial charge < -0.3 is 15.1 Å². The van der Waals surface area contributed by atoms with Crippen molar-refractivity contribution in [2.45, 2.75) is 38.8 Å². The average Bonchev–Trinajstić information content (AvgIpc) is 2.92. The third-order valence-corrected chi connectivity index (χ3v) is 6.70. The van der Waals surface area contributed by atoms with E-state index < -0.39 is 23.7 Å². The smallest absolute Gasteiger partial charge is 0.355 e. The van der Waals surface area contributed by atoms with Crippen molar-refractivity contribution >= 4 is 29.0 Å². The first-order valence-corrected chi connectivity index (χ1v) is 12.3. The highest BCUT2D eigenvalue weighted by atomic mass is 19.4. The molecule has 1 N–H and O–H groups in total. The summed E-state index contributed by atoms with van der Waals surface area (Å²) in [5, 5.41) is 2.69. The number of piperidine rings is 1. The number of halogens is 3. The van der Waals surface area contributed by atoms with Gasteiger partial charge in [-0.3, -0.25) is 9.59 Å². The highest BCUT2D eigenvalue weighted by Gasteiger charge is 2.35. The van der Waals surface area contributed by atoms with Crippen molar-refractivity contribution in [3.8, 4) is 0 Å². The van der Waals surface area contributed by atoms with Crippen LogP contribution in [0.1, 0.15) is 54.5 Å². The van der Waals surface area contributed by atoms with Crippen LogP contribution < -0.4 is 15.1 Å². The Hall–Kier alpha value is -4.02. The van der Waals surface area contributed by atoms with Gasteiger partial charge in [-0.2, -0.15) is 13.2 Å². The van der Waals surface area contributed by atoms with Crippen molar-refractivity contribution in [3.05, 3.63) is 71.9 Å². The molecule has 0 bridgehead atoms. The quantitative estimate of drug-likeness (QED) is 0.478. The van der Waals surface area contributed by atoms with Gasteiger partial charge in [-0.15, -0.1) is 0 Å². The summed E-state index contributed by atoms with van der Waals surface area (Å²) in [5.74, 6) is -1.03. The predicted octanol–water partition coefficient (Wildman–Crippen LogP) is 5.15. The number of rotatable bonds is 6. The number of alkyl halides is 3. The fourth-order valence-corrected chi connectivity index (χ4v) is 4.25. The molecule has 1 saturated heterocycles. The molecule has 0 spiro atoms. The first-order chi connectivity index (χ1) is 18.0. The molecule has 0 radical (unpaired) electrons. The number of hydrogen-bond donors (Lipinski definition) is 1. The van der Waals surface area contributed by atoms with Crippen LogP contribution in [0.4, 0.5) is 30.4 Å². The molecular formula is C27H29F3N6O2. The van der Waals surface area contributed by atoms with E-state index in [1.165, 1.54) is 30.4 Å². The molecule has 1 aliphatic heterocycles. The zero-order chi connectivity index (χ0) is 27.4. The largest absolute Gasteiger partial charge is 0.433 e. The molecule has 1 aromatic carbocycles. The lowest BCUT2D eigenvalue weighted by molar-refractivity contribution is -0.141. The Kier molecular flexibility index (Phi) is 7.94. The van der Waals surface area contributed by atoms with E-state index in [4.69, 9.17) is 0 Å². The molecule has 3 aromatic rings. The summed E-state index contributed by atoms with van der Waals surface area (Å²) in [6.45, 7) is 4.87. The minimum Gasteiger partial charge on any atom is -0.355 e. The van der Waals surface area contributed by atoms with Crippen LogP contribution in [0.25, 0.3) is 0 Å². The van der Waals surface area contributed by atoms with Gasteiger partial charge in [0.05, 0.1) is 11.6 Å². The van der Waals surface area contributed by atoms with Crippen LogP contribution in [-0.4, -0.2) is 46.9 Å². The molecular weight excluding hydrogens is 497 g/mol. The summed E-state index contributed by atoms with van der Waals surface area (Å²) >= 11 is 0. The summed E-state index contributed by atoms with van der Waals surface area (Å²) in [6.07, 6.45) is -0.138. The van der Waals surface area contributed by atoms with Crippen LogP contribution in [-0.2, 0) is 11.0 Å². The van der Waals surface area contributed by atoms with E-state index in [2.05, 4.69) is 27.2 Å². The van der Waals surface area contributed by atoms with Crippen molar-refractivity contribution in [1.29, 1.82) is 0 Å². The second-order valence-corrected chi connectivity index (χ2v) is 9.49. The van der Waals surface area contributed by atoms with E-state index >= 15 is 0 Å². The number of aromatic nitrogens is 3. The molecule has 38 heavy (non-hydrogen) atoms. The molecule has 2 aromatic heterocycles. The number of carbonyl (C=O) groups is 2. The number of nitrogens with one attached hydrogen (secondary N) is 1. The van der Waals surface area contributed by atoms with E-state index in [0.29, 0.717) is 35.9 Å². The van der Waals surface area contributed by atoms with E-state index in [1.807, 2.05) is 11.0 Å². The highest BCUT2D eigenvalue weighted by molar-refractivity contribution is 6.02. The summed E-state index contributed by atoms with van der Waals surface area (Å²) in [6, 6.07) is 11.0. The van der Waals surface area contributed by atoms with Crippen molar-refractivity contribution in [1.82, 2.24) is 15.0 Å². The van der Waals surface area contributed by atoms with Crippen LogP contribution in [0, 0.1) is 5.92 Å². The number of benzene rings is 1. The van der Waals surface area contributed by atoms with Gasteiger partial charge in [-0.25, -0.2) is 15.0 Å². The lowest BCUT2D eigenvalue weighted by Crippen LogP contribution is -2.37. The second-order valence-electron chi connectivity index (χ2n) is 9.49. The number of hydrogen-bond acceptors (Lipinski definition) is 6. The Balaban J connectivity index is 1.53. The standard InChI is InChI=1S/C27H29F3N6O2/c1-17-11-13-36(14-12-17)24-21(9-10-22(34-24)27(28,29)30)35(3)26(38)18(2)19-15-31-23(32-16-19)25(37)33-20-7-5-4-6-8-20/h4-10,15-18H,11-14H2,1-3H3,(H,33,37). The number of pyridine rings is 1. The number of carbonyl (C=O) groups excluding carboxylic acids is 2. The second kappa shape index (κ2) is 11.2.